The van der Waals surface area contributed by atoms with E-state index in [1.807, 2.05) is 20.8 Å². The Morgan fingerprint density at radius 2 is 2.00 bits per heavy atom. The molecule has 0 radical (unpaired) electrons. The number of aryl methyl sites for hydroxylation is 2. The summed E-state index contributed by atoms with van der Waals surface area (Å²) in [5, 5.41) is 3.56. The fourth-order valence-electron chi connectivity index (χ4n) is 2.46. The molecule has 2 rings (SSSR count). The summed E-state index contributed by atoms with van der Waals surface area (Å²) in [5.41, 5.74) is 0.910. The number of hydrogen-bond donors (Lipinski definition) is 2. The number of hydrogen-bond acceptors (Lipinski definition) is 5. The van der Waals surface area contributed by atoms with Crippen molar-refractivity contribution < 1.29 is 4.79 Å². The molecule has 0 bridgehead atoms. The van der Waals surface area contributed by atoms with Gasteiger partial charge >= 0.3 is 0 Å². The first kappa shape index (κ1) is 19.0. The van der Waals surface area contributed by atoms with Crippen LogP contribution in [0.2, 0.25) is 0 Å². The Kier molecular flexibility index (Phi) is 6.46. The number of rotatable bonds is 7. The van der Waals surface area contributed by atoms with E-state index in [2.05, 4.69) is 29.1 Å². The molecule has 0 aromatic carbocycles. The molecule has 0 fully saturated rings. The lowest BCUT2D eigenvalue weighted by Crippen LogP contribution is -2.38. The third-order valence-corrected chi connectivity index (χ3v) is 6.51. The summed E-state index contributed by atoms with van der Waals surface area (Å²) in [5.74, 6) is 1.18. The number of nitrogens with one attached hydrogen (secondary N) is 2. The SMILES string of the molecule is CCC(CC)NC(=O)C(C)SCc1nc2sc(C)c(C)c2c(=O)[nH]1. The molecule has 1 atom stereocenters. The number of amides is 1. The van der Waals surface area contributed by atoms with Gasteiger partial charge in [-0.1, -0.05) is 13.8 Å². The number of carbonyl (C=O) groups is 1. The third kappa shape index (κ3) is 4.19. The van der Waals surface area contributed by atoms with Crippen LogP contribution in [0.25, 0.3) is 10.2 Å². The van der Waals surface area contributed by atoms with E-state index in [1.165, 1.54) is 11.8 Å². The standard InChI is InChI=1S/C17H25N3O2S2/c1-6-12(7-2)18-15(21)11(5)23-8-13-19-16(22)14-9(3)10(4)24-17(14)20-13/h11-12H,6-8H2,1-5H3,(H,18,21)(H,19,20,22). The first-order chi connectivity index (χ1) is 11.4. The van der Waals surface area contributed by atoms with E-state index in [1.54, 1.807) is 11.3 Å². The maximum Gasteiger partial charge on any atom is 0.259 e. The van der Waals surface area contributed by atoms with Crippen LogP contribution in [0.3, 0.4) is 0 Å². The molecule has 0 spiro atoms. The molecule has 0 saturated carbocycles. The van der Waals surface area contributed by atoms with Gasteiger partial charge in [-0.2, -0.15) is 0 Å². The van der Waals surface area contributed by atoms with Crippen LogP contribution >= 0.6 is 23.1 Å². The van der Waals surface area contributed by atoms with Crippen LogP contribution in [0.15, 0.2) is 4.79 Å². The highest BCUT2D eigenvalue weighted by atomic mass is 32.2. The van der Waals surface area contributed by atoms with E-state index in [9.17, 15) is 9.59 Å². The predicted molar refractivity (Wildman–Crippen MR) is 103 cm³/mol. The smallest absolute Gasteiger partial charge is 0.259 e. The second-order valence-corrected chi connectivity index (χ2v) is 8.48. The minimum atomic E-state index is -0.182. The Morgan fingerprint density at radius 1 is 1.33 bits per heavy atom. The Hall–Kier alpha value is -1.34. The average Bonchev–Trinajstić information content (AvgIpc) is 2.84. The highest BCUT2D eigenvalue weighted by Gasteiger charge is 2.17. The number of aromatic amines is 1. The van der Waals surface area contributed by atoms with Crippen molar-refractivity contribution in [2.24, 2.45) is 0 Å². The van der Waals surface area contributed by atoms with E-state index in [0.717, 1.165) is 28.1 Å². The molecular weight excluding hydrogens is 342 g/mol. The van der Waals surface area contributed by atoms with E-state index < -0.39 is 0 Å². The van der Waals surface area contributed by atoms with Crippen LogP contribution in [0, 0.1) is 13.8 Å². The van der Waals surface area contributed by atoms with Crippen LogP contribution in [0.1, 0.15) is 49.9 Å². The molecule has 0 saturated heterocycles. The van der Waals surface area contributed by atoms with Crippen molar-refractivity contribution >= 4 is 39.2 Å². The van der Waals surface area contributed by atoms with Crippen molar-refractivity contribution in [1.29, 1.82) is 0 Å². The lowest BCUT2D eigenvalue weighted by atomic mass is 10.2. The first-order valence-electron chi connectivity index (χ1n) is 8.28. The Morgan fingerprint density at radius 3 is 2.62 bits per heavy atom. The van der Waals surface area contributed by atoms with E-state index in [-0.39, 0.29) is 22.8 Å². The zero-order valence-electron chi connectivity index (χ0n) is 14.9. The molecule has 132 valence electrons. The molecule has 2 heterocycles. The number of carbonyl (C=O) groups excluding carboxylic acids is 1. The van der Waals surface area contributed by atoms with Crippen molar-refractivity contribution in [2.75, 3.05) is 0 Å². The molecule has 24 heavy (non-hydrogen) atoms. The molecule has 0 aliphatic carbocycles. The van der Waals surface area contributed by atoms with Crippen molar-refractivity contribution in [2.45, 2.75) is 64.5 Å². The van der Waals surface area contributed by atoms with Gasteiger partial charge < -0.3 is 10.3 Å². The molecule has 1 unspecified atom stereocenters. The summed E-state index contributed by atoms with van der Waals surface area (Å²) in [6.45, 7) is 9.98. The van der Waals surface area contributed by atoms with E-state index >= 15 is 0 Å². The van der Waals surface area contributed by atoms with Crippen LogP contribution < -0.4 is 10.9 Å². The highest BCUT2D eigenvalue weighted by Crippen LogP contribution is 2.26. The predicted octanol–water partition coefficient (Wildman–Crippen LogP) is 3.53. The molecule has 5 nitrogen and oxygen atoms in total. The van der Waals surface area contributed by atoms with Gasteiger partial charge in [0.1, 0.15) is 10.7 Å². The topological polar surface area (TPSA) is 74.8 Å². The number of thiophene rings is 1. The summed E-state index contributed by atoms with van der Waals surface area (Å²) < 4.78 is 0. The molecule has 0 aliphatic heterocycles. The zero-order valence-corrected chi connectivity index (χ0v) is 16.5. The van der Waals surface area contributed by atoms with E-state index in [0.29, 0.717) is 17.0 Å². The fourth-order valence-corrected chi connectivity index (χ4v) is 4.27. The molecule has 2 aromatic rings. The summed E-state index contributed by atoms with van der Waals surface area (Å²) in [6, 6.07) is 0.229. The van der Waals surface area contributed by atoms with Crippen molar-refractivity contribution in [1.82, 2.24) is 15.3 Å². The maximum atomic E-state index is 12.3. The van der Waals surface area contributed by atoms with Crippen LogP contribution in [0.4, 0.5) is 0 Å². The minimum Gasteiger partial charge on any atom is -0.352 e. The van der Waals surface area contributed by atoms with Gasteiger partial charge in [-0.25, -0.2) is 4.98 Å². The second-order valence-electron chi connectivity index (χ2n) is 5.95. The van der Waals surface area contributed by atoms with Gasteiger partial charge in [0.15, 0.2) is 0 Å². The summed E-state index contributed by atoms with van der Waals surface area (Å²) in [6.07, 6.45) is 1.87. The van der Waals surface area contributed by atoms with Crippen molar-refractivity contribution in [3.05, 3.63) is 26.6 Å². The maximum absolute atomic E-state index is 12.3. The summed E-state index contributed by atoms with van der Waals surface area (Å²) in [4.78, 5) is 33.8. The molecular formula is C17H25N3O2S2. The molecule has 7 heteroatoms. The lowest BCUT2D eigenvalue weighted by Gasteiger charge is -2.18. The van der Waals surface area contributed by atoms with Gasteiger partial charge in [0.05, 0.1) is 16.4 Å². The van der Waals surface area contributed by atoms with Gasteiger partial charge in [-0.05, 0) is 39.2 Å². The van der Waals surface area contributed by atoms with Crippen LogP contribution in [-0.2, 0) is 10.5 Å². The fraction of sp³-hybridized carbons (Fsp3) is 0.588. The normalized spacial score (nSPS) is 12.8. The van der Waals surface area contributed by atoms with Crippen LogP contribution in [-0.4, -0.2) is 27.2 Å². The Labute approximate surface area is 150 Å². The van der Waals surface area contributed by atoms with Crippen molar-refractivity contribution in [3.63, 3.8) is 0 Å². The quantitative estimate of drug-likeness (QED) is 0.785. The van der Waals surface area contributed by atoms with Crippen molar-refractivity contribution in [3.8, 4) is 0 Å². The lowest BCUT2D eigenvalue weighted by molar-refractivity contribution is -0.121. The third-order valence-electron chi connectivity index (χ3n) is 4.26. The van der Waals surface area contributed by atoms with Gasteiger partial charge in [0.25, 0.3) is 5.56 Å². The molecule has 2 N–H and O–H groups in total. The monoisotopic (exact) mass is 367 g/mol. The number of aromatic nitrogens is 2. The summed E-state index contributed by atoms with van der Waals surface area (Å²) in [7, 11) is 0. The largest absolute Gasteiger partial charge is 0.352 e. The molecule has 1 amide bonds. The number of fused-ring (bicyclic) bond motifs is 1. The van der Waals surface area contributed by atoms with Gasteiger partial charge in [0.2, 0.25) is 5.91 Å². The van der Waals surface area contributed by atoms with Crippen LogP contribution in [0.5, 0.6) is 0 Å². The minimum absolute atomic E-state index is 0.0416. The Bertz CT molecular complexity index is 778. The number of thioether (sulfide) groups is 1. The zero-order chi connectivity index (χ0) is 17.9. The first-order valence-corrected chi connectivity index (χ1v) is 10.1. The average molecular weight is 368 g/mol. The second kappa shape index (κ2) is 8.16. The van der Waals surface area contributed by atoms with E-state index in [4.69, 9.17) is 0 Å². The number of H-pyrrole nitrogens is 1. The molecule has 0 aliphatic rings. The number of nitrogens with zero attached hydrogens (tertiary/aromatic N) is 1. The highest BCUT2D eigenvalue weighted by molar-refractivity contribution is 7.99. The molecule has 2 aromatic heterocycles. The van der Waals surface area contributed by atoms with Gasteiger partial charge in [0, 0.05) is 10.9 Å². The summed E-state index contributed by atoms with van der Waals surface area (Å²) >= 11 is 3.03. The van der Waals surface area contributed by atoms with Gasteiger partial charge in [-0.3, -0.25) is 9.59 Å². The van der Waals surface area contributed by atoms with Gasteiger partial charge in [-0.15, -0.1) is 23.1 Å². The Balaban J connectivity index is 2.05.